The van der Waals surface area contributed by atoms with Gasteiger partial charge in [0.05, 0.1) is 4.92 Å². The van der Waals surface area contributed by atoms with Crippen molar-refractivity contribution in [1.29, 1.82) is 0 Å². The molecule has 0 radical (unpaired) electrons. The lowest BCUT2D eigenvalue weighted by Crippen LogP contribution is -2.23. The molecule has 0 saturated carbocycles. The van der Waals surface area contributed by atoms with Crippen molar-refractivity contribution < 1.29 is 19.2 Å². The summed E-state index contributed by atoms with van der Waals surface area (Å²) in [5.74, 6) is -0.980. The zero-order valence-corrected chi connectivity index (χ0v) is 14.8. The molecule has 2 aromatic carbocycles. The molecule has 0 heterocycles. The number of ketones is 1. The standard InChI is InChI=1S/C20H19NO5/c1-13-7-9-17(11-14(13)2)20(23)15(3)26-19(22)10-8-16-5-4-6-18(12-16)21(24)25/h4-12,15H,1-3H3/b10-8+. The fourth-order valence-electron chi connectivity index (χ4n) is 2.30. The van der Waals surface area contributed by atoms with Crippen LogP contribution in [-0.2, 0) is 9.53 Å². The molecule has 0 amide bonds. The molecule has 0 fully saturated rings. The van der Waals surface area contributed by atoms with Crippen molar-refractivity contribution in [2.24, 2.45) is 0 Å². The minimum absolute atomic E-state index is 0.0706. The van der Waals surface area contributed by atoms with Crippen molar-refractivity contribution >= 4 is 23.5 Å². The zero-order valence-electron chi connectivity index (χ0n) is 14.8. The summed E-state index contributed by atoms with van der Waals surface area (Å²) in [4.78, 5) is 34.5. The quantitative estimate of drug-likeness (QED) is 0.257. The highest BCUT2D eigenvalue weighted by molar-refractivity contribution is 6.01. The summed E-state index contributed by atoms with van der Waals surface area (Å²) in [6, 6.07) is 11.2. The number of ether oxygens (including phenoxy) is 1. The van der Waals surface area contributed by atoms with Crippen molar-refractivity contribution in [1.82, 2.24) is 0 Å². The van der Waals surface area contributed by atoms with E-state index in [1.54, 1.807) is 18.2 Å². The van der Waals surface area contributed by atoms with Gasteiger partial charge in [-0.1, -0.05) is 24.3 Å². The lowest BCUT2D eigenvalue weighted by molar-refractivity contribution is -0.384. The highest BCUT2D eigenvalue weighted by Gasteiger charge is 2.18. The van der Waals surface area contributed by atoms with E-state index < -0.39 is 17.0 Å². The molecule has 0 saturated heterocycles. The Morgan fingerprint density at radius 2 is 1.85 bits per heavy atom. The maximum Gasteiger partial charge on any atom is 0.331 e. The van der Waals surface area contributed by atoms with Crippen LogP contribution in [0, 0.1) is 24.0 Å². The lowest BCUT2D eigenvalue weighted by atomic mass is 10.0. The smallest absolute Gasteiger partial charge is 0.331 e. The first-order chi connectivity index (χ1) is 12.3. The molecule has 2 rings (SSSR count). The molecule has 6 heteroatoms. The Hall–Kier alpha value is -3.28. The monoisotopic (exact) mass is 353 g/mol. The van der Waals surface area contributed by atoms with Crippen molar-refractivity contribution in [2.75, 3.05) is 0 Å². The van der Waals surface area contributed by atoms with Crippen LogP contribution < -0.4 is 0 Å². The Balaban J connectivity index is 2.02. The number of nitro benzene ring substituents is 1. The molecule has 6 nitrogen and oxygen atoms in total. The van der Waals surface area contributed by atoms with Gasteiger partial charge in [-0.05, 0) is 49.6 Å². The van der Waals surface area contributed by atoms with E-state index in [4.69, 9.17) is 4.74 Å². The number of esters is 1. The molecule has 2 aromatic rings. The summed E-state index contributed by atoms with van der Waals surface area (Å²) < 4.78 is 5.13. The number of nitrogens with zero attached hydrogens (tertiary/aromatic N) is 1. The molecule has 0 spiro atoms. The van der Waals surface area contributed by atoms with Gasteiger partial charge in [0.15, 0.2) is 6.10 Å². The summed E-state index contributed by atoms with van der Waals surface area (Å²) in [5.41, 5.74) is 2.96. The molecule has 1 unspecified atom stereocenters. The number of hydrogen-bond acceptors (Lipinski definition) is 5. The van der Waals surface area contributed by atoms with Gasteiger partial charge in [-0.2, -0.15) is 0 Å². The van der Waals surface area contributed by atoms with Crippen molar-refractivity contribution in [3.8, 4) is 0 Å². The van der Waals surface area contributed by atoms with Crippen molar-refractivity contribution in [3.05, 3.63) is 80.9 Å². The summed E-state index contributed by atoms with van der Waals surface area (Å²) in [5, 5.41) is 10.7. The van der Waals surface area contributed by atoms with Crippen molar-refractivity contribution in [2.45, 2.75) is 26.9 Å². The van der Waals surface area contributed by atoms with Crippen LogP contribution in [0.25, 0.3) is 6.08 Å². The number of aryl methyl sites for hydroxylation is 2. The minimum Gasteiger partial charge on any atom is -0.451 e. The average molecular weight is 353 g/mol. The molecule has 0 aromatic heterocycles. The number of rotatable bonds is 6. The number of carbonyl (C=O) groups excluding carboxylic acids is 2. The van der Waals surface area contributed by atoms with Gasteiger partial charge < -0.3 is 4.74 Å². The molecule has 0 aliphatic carbocycles. The third-order valence-electron chi connectivity index (χ3n) is 3.95. The topological polar surface area (TPSA) is 86.5 Å². The Labute approximate surface area is 151 Å². The summed E-state index contributed by atoms with van der Waals surface area (Å²) in [7, 11) is 0. The fourth-order valence-corrected chi connectivity index (χ4v) is 2.30. The van der Waals surface area contributed by atoms with Crippen LogP contribution in [0.1, 0.15) is 34.0 Å². The van der Waals surface area contributed by atoms with Crippen LogP contribution in [0.5, 0.6) is 0 Å². The molecule has 0 bridgehead atoms. The van der Waals surface area contributed by atoms with Gasteiger partial charge in [0, 0.05) is 23.8 Å². The van der Waals surface area contributed by atoms with E-state index in [9.17, 15) is 19.7 Å². The number of nitro groups is 1. The van der Waals surface area contributed by atoms with E-state index in [1.165, 1.54) is 31.2 Å². The molecular weight excluding hydrogens is 334 g/mol. The first-order valence-corrected chi connectivity index (χ1v) is 8.02. The van der Waals surface area contributed by atoms with E-state index in [0.29, 0.717) is 11.1 Å². The zero-order chi connectivity index (χ0) is 19.3. The van der Waals surface area contributed by atoms with Crippen LogP contribution in [0.4, 0.5) is 5.69 Å². The molecule has 1 atom stereocenters. The number of benzene rings is 2. The van der Waals surface area contributed by atoms with E-state index in [-0.39, 0.29) is 11.5 Å². The first-order valence-electron chi connectivity index (χ1n) is 8.02. The Morgan fingerprint density at radius 3 is 2.50 bits per heavy atom. The van der Waals surface area contributed by atoms with Crippen LogP contribution in [-0.4, -0.2) is 22.8 Å². The van der Waals surface area contributed by atoms with Gasteiger partial charge in [-0.15, -0.1) is 0 Å². The second-order valence-corrected chi connectivity index (χ2v) is 5.93. The van der Waals surface area contributed by atoms with Gasteiger partial charge >= 0.3 is 5.97 Å². The third-order valence-corrected chi connectivity index (χ3v) is 3.95. The summed E-state index contributed by atoms with van der Waals surface area (Å²) in [6.07, 6.45) is 1.62. The molecule has 0 aliphatic heterocycles. The fraction of sp³-hybridized carbons (Fsp3) is 0.200. The molecule has 134 valence electrons. The number of carbonyl (C=O) groups is 2. The molecular formula is C20H19NO5. The molecule has 26 heavy (non-hydrogen) atoms. The van der Waals surface area contributed by atoms with E-state index >= 15 is 0 Å². The van der Waals surface area contributed by atoms with Crippen molar-refractivity contribution in [3.63, 3.8) is 0 Å². The van der Waals surface area contributed by atoms with Gasteiger partial charge in [0.1, 0.15) is 0 Å². The van der Waals surface area contributed by atoms with Gasteiger partial charge in [-0.25, -0.2) is 4.79 Å². The van der Waals surface area contributed by atoms with Gasteiger partial charge in [0.25, 0.3) is 5.69 Å². The van der Waals surface area contributed by atoms with Crippen LogP contribution in [0.3, 0.4) is 0 Å². The Morgan fingerprint density at radius 1 is 1.12 bits per heavy atom. The normalized spacial score (nSPS) is 12.0. The van der Waals surface area contributed by atoms with E-state index in [1.807, 2.05) is 19.9 Å². The predicted octanol–water partition coefficient (Wildman–Crippen LogP) is 4.04. The van der Waals surface area contributed by atoms with Crippen LogP contribution in [0.15, 0.2) is 48.5 Å². The summed E-state index contributed by atoms with van der Waals surface area (Å²) >= 11 is 0. The highest BCUT2D eigenvalue weighted by atomic mass is 16.6. The largest absolute Gasteiger partial charge is 0.451 e. The minimum atomic E-state index is -0.931. The van der Waals surface area contributed by atoms with Crippen LogP contribution >= 0.6 is 0 Å². The van der Waals surface area contributed by atoms with Gasteiger partial charge in [0.2, 0.25) is 5.78 Å². The number of hydrogen-bond donors (Lipinski definition) is 0. The second-order valence-electron chi connectivity index (χ2n) is 5.93. The number of Topliss-reactive ketones (excluding diaryl/α,β-unsaturated/α-hetero) is 1. The third kappa shape index (κ3) is 4.86. The SMILES string of the molecule is Cc1ccc(C(=O)C(C)OC(=O)/C=C/c2cccc([N+](=O)[O-])c2)cc1C. The van der Waals surface area contributed by atoms with E-state index in [2.05, 4.69) is 0 Å². The second kappa shape index (κ2) is 8.20. The first kappa shape index (κ1) is 19.1. The molecule has 0 aliphatic rings. The Kier molecular flexibility index (Phi) is 6.01. The molecule has 0 N–H and O–H groups in total. The highest BCUT2D eigenvalue weighted by Crippen LogP contribution is 2.15. The van der Waals surface area contributed by atoms with Gasteiger partial charge in [-0.3, -0.25) is 14.9 Å². The summed E-state index contributed by atoms with van der Waals surface area (Å²) in [6.45, 7) is 5.37. The maximum absolute atomic E-state index is 12.4. The predicted molar refractivity (Wildman–Crippen MR) is 97.9 cm³/mol. The maximum atomic E-state index is 12.4. The van der Waals surface area contributed by atoms with Crippen LogP contribution in [0.2, 0.25) is 0 Å². The van der Waals surface area contributed by atoms with E-state index in [0.717, 1.165) is 17.2 Å². The lowest BCUT2D eigenvalue weighted by Gasteiger charge is -2.12. The Bertz CT molecular complexity index is 886. The number of non-ortho nitro benzene ring substituents is 1. The average Bonchev–Trinajstić information content (AvgIpc) is 2.61.